The molecule has 1 aliphatic rings. The van der Waals surface area contributed by atoms with Gasteiger partial charge in [-0.15, -0.1) is 0 Å². The van der Waals surface area contributed by atoms with E-state index in [-0.39, 0.29) is 0 Å². The summed E-state index contributed by atoms with van der Waals surface area (Å²) in [6.07, 6.45) is 4.61. The second kappa shape index (κ2) is 5.20. The summed E-state index contributed by atoms with van der Waals surface area (Å²) in [5, 5.41) is 3.43. The van der Waals surface area contributed by atoms with Crippen molar-refractivity contribution < 1.29 is 0 Å². The molecule has 2 nitrogen and oxygen atoms in total. The van der Waals surface area contributed by atoms with Crippen molar-refractivity contribution in [2.24, 2.45) is 0 Å². The third-order valence-corrected chi connectivity index (χ3v) is 2.28. The van der Waals surface area contributed by atoms with Crippen molar-refractivity contribution in [2.75, 3.05) is 19.6 Å². The van der Waals surface area contributed by atoms with E-state index in [4.69, 9.17) is 0 Å². The molecule has 1 heterocycles. The van der Waals surface area contributed by atoms with Gasteiger partial charge in [-0.05, 0) is 33.9 Å². The summed E-state index contributed by atoms with van der Waals surface area (Å²) in [7, 11) is 0. The van der Waals surface area contributed by atoms with Gasteiger partial charge in [-0.2, -0.15) is 0 Å². The van der Waals surface area contributed by atoms with Crippen molar-refractivity contribution in [3.05, 3.63) is 23.4 Å². The maximum absolute atomic E-state index is 3.43. The molecule has 1 N–H and O–H groups in total. The molecule has 80 valence electrons. The Kier molecular flexibility index (Phi) is 4.21. The van der Waals surface area contributed by atoms with Crippen molar-refractivity contribution in [3.63, 3.8) is 0 Å². The summed E-state index contributed by atoms with van der Waals surface area (Å²) in [5.74, 6) is 0. The highest BCUT2D eigenvalue weighted by Gasteiger charge is 2.16. The first-order valence-electron chi connectivity index (χ1n) is 5.36. The van der Waals surface area contributed by atoms with Gasteiger partial charge >= 0.3 is 0 Å². The number of allylic oxidation sites excluding steroid dienone is 2. The first-order valence-corrected chi connectivity index (χ1v) is 5.36. The van der Waals surface area contributed by atoms with Gasteiger partial charge in [0.25, 0.3) is 0 Å². The van der Waals surface area contributed by atoms with Gasteiger partial charge in [0, 0.05) is 19.6 Å². The second-order valence-corrected chi connectivity index (χ2v) is 4.46. The minimum absolute atomic E-state index is 0.531. The maximum atomic E-state index is 3.43. The molecule has 1 unspecified atom stereocenters. The van der Waals surface area contributed by atoms with Crippen molar-refractivity contribution in [3.8, 4) is 0 Å². The Morgan fingerprint density at radius 3 is 2.50 bits per heavy atom. The zero-order valence-corrected chi connectivity index (χ0v) is 9.80. The molecule has 0 amide bonds. The lowest BCUT2D eigenvalue weighted by Gasteiger charge is -2.34. The van der Waals surface area contributed by atoms with Crippen molar-refractivity contribution in [2.45, 2.75) is 33.7 Å². The largest absolute Gasteiger partial charge is 0.369 e. The molecule has 0 bridgehead atoms. The maximum Gasteiger partial charge on any atom is 0.0595 e. The lowest BCUT2D eigenvalue weighted by Crippen LogP contribution is -2.47. The third kappa shape index (κ3) is 3.54. The van der Waals surface area contributed by atoms with Crippen LogP contribution in [0.15, 0.2) is 23.4 Å². The van der Waals surface area contributed by atoms with Crippen molar-refractivity contribution in [1.82, 2.24) is 10.2 Å². The molecule has 1 rings (SSSR count). The fourth-order valence-electron chi connectivity index (χ4n) is 1.77. The van der Waals surface area contributed by atoms with Crippen LogP contribution in [0.25, 0.3) is 0 Å². The molecule has 0 aromatic heterocycles. The number of nitrogens with zero attached hydrogens (tertiary/aromatic N) is 1. The van der Waals surface area contributed by atoms with E-state index in [1.807, 2.05) is 0 Å². The van der Waals surface area contributed by atoms with Gasteiger partial charge in [-0.3, -0.25) is 0 Å². The number of hydrogen-bond acceptors (Lipinski definition) is 2. The Hall–Kier alpha value is -0.760. The molecular formula is C12H22N2. The summed E-state index contributed by atoms with van der Waals surface area (Å²) >= 11 is 0. The summed E-state index contributed by atoms with van der Waals surface area (Å²) in [6.45, 7) is 11.9. The zero-order valence-electron chi connectivity index (χ0n) is 9.80. The molecule has 0 aromatic carbocycles. The highest BCUT2D eigenvalue weighted by Crippen LogP contribution is 2.09. The number of nitrogens with one attached hydrogen (secondary N) is 1. The SMILES string of the molecule is CC(C)=CC1CNCCN1C=C(C)C. The summed E-state index contributed by atoms with van der Waals surface area (Å²) in [5.41, 5.74) is 2.77. The molecule has 14 heavy (non-hydrogen) atoms. The first-order chi connectivity index (χ1) is 6.59. The van der Waals surface area contributed by atoms with E-state index in [0.717, 1.165) is 19.6 Å². The van der Waals surface area contributed by atoms with Crippen LogP contribution in [-0.4, -0.2) is 30.6 Å². The van der Waals surface area contributed by atoms with Crippen LogP contribution < -0.4 is 5.32 Å². The topological polar surface area (TPSA) is 15.3 Å². The average Bonchev–Trinajstić information content (AvgIpc) is 2.06. The fourth-order valence-corrected chi connectivity index (χ4v) is 1.77. The van der Waals surface area contributed by atoms with E-state index < -0.39 is 0 Å². The second-order valence-electron chi connectivity index (χ2n) is 4.46. The Bertz CT molecular complexity index is 207. The molecule has 1 saturated heterocycles. The van der Waals surface area contributed by atoms with Crippen LogP contribution in [-0.2, 0) is 0 Å². The fraction of sp³-hybridized carbons (Fsp3) is 0.667. The molecule has 0 spiro atoms. The summed E-state index contributed by atoms with van der Waals surface area (Å²) in [4.78, 5) is 2.43. The number of piperazine rings is 1. The predicted molar refractivity (Wildman–Crippen MR) is 62.2 cm³/mol. The van der Waals surface area contributed by atoms with E-state index in [1.54, 1.807) is 0 Å². The molecule has 0 radical (unpaired) electrons. The van der Waals surface area contributed by atoms with Crippen LogP contribution in [0.5, 0.6) is 0 Å². The minimum Gasteiger partial charge on any atom is -0.369 e. The van der Waals surface area contributed by atoms with Gasteiger partial charge in [0.15, 0.2) is 0 Å². The highest BCUT2D eigenvalue weighted by atomic mass is 15.2. The van der Waals surface area contributed by atoms with Crippen molar-refractivity contribution in [1.29, 1.82) is 0 Å². The standard InChI is InChI=1S/C12H22N2/c1-10(2)7-12-8-13-5-6-14(12)9-11(3)4/h7,9,12-13H,5-6,8H2,1-4H3. The average molecular weight is 194 g/mol. The van der Waals surface area contributed by atoms with E-state index in [9.17, 15) is 0 Å². The van der Waals surface area contributed by atoms with E-state index >= 15 is 0 Å². The normalized spacial score (nSPS) is 21.7. The van der Waals surface area contributed by atoms with E-state index in [1.165, 1.54) is 11.1 Å². The van der Waals surface area contributed by atoms with Crippen LogP contribution in [0.2, 0.25) is 0 Å². The Balaban J connectivity index is 2.69. The van der Waals surface area contributed by atoms with Gasteiger partial charge in [-0.25, -0.2) is 0 Å². The lowest BCUT2D eigenvalue weighted by atomic mass is 10.1. The van der Waals surface area contributed by atoms with Gasteiger partial charge < -0.3 is 10.2 Å². The van der Waals surface area contributed by atoms with Crippen LogP contribution in [0.1, 0.15) is 27.7 Å². The van der Waals surface area contributed by atoms with E-state index in [2.05, 4.69) is 50.2 Å². The van der Waals surface area contributed by atoms with Crippen molar-refractivity contribution >= 4 is 0 Å². The summed E-state index contributed by atoms with van der Waals surface area (Å²) < 4.78 is 0. The Morgan fingerprint density at radius 1 is 1.21 bits per heavy atom. The molecule has 1 fully saturated rings. The van der Waals surface area contributed by atoms with Gasteiger partial charge in [0.05, 0.1) is 6.04 Å². The molecule has 1 atom stereocenters. The van der Waals surface area contributed by atoms with Crippen LogP contribution in [0.3, 0.4) is 0 Å². The first kappa shape index (κ1) is 11.3. The van der Waals surface area contributed by atoms with Crippen LogP contribution in [0.4, 0.5) is 0 Å². The molecular weight excluding hydrogens is 172 g/mol. The zero-order chi connectivity index (χ0) is 10.6. The quantitative estimate of drug-likeness (QED) is 0.678. The monoisotopic (exact) mass is 194 g/mol. The Morgan fingerprint density at radius 2 is 1.93 bits per heavy atom. The number of hydrogen-bond donors (Lipinski definition) is 1. The molecule has 1 aliphatic heterocycles. The molecule has 0 aliphatic carbocycles. The van der Waals surface area contributed by atoms with Gasteiger partial charge in [0.2, 0.25) is 0 Å². The number of rotatable bonds is 2. The highest BCUT2D eigenvalue weighted by molar-refractivity contribution is 5.08. The van der Waals surface area contributed by atoms with Gasteiger partial charge in [0.1, 0.15) is 0 Å². The van der Waals surface area contributed by atoms with Crippen LogP contribution in [0, 0.1) is 0 Å². The van der Waals surface area contributed by atoms with Crippen LogP contribution >= 0.6 is 0 Å². The van der Waals surface area contributed by atoms with Gasteiger partial charge in [-0.1, -0.05) is 17.2 Å². The predicted octanol–water partition coefficient (Wildman–Crippen LogP) is 2.15. The minimum atomic E-state index is 0.531. The lowest BCUT2D eigenvalue weighted by molar-refractivity contribution is 0.264. The third-order valence-electron chi connectivity index (χ3n) is 2.28. The smallest absolute Gasteiger partial charge is 0.0595 e. The van der Waals surface area contributed by atoms with E-state index in [0.29, 0.717) is 6.04 Å². The molecule has 0 aromatic rings. The molecule has 2 heteroatoms. The molecule has 0 saturated carbocycles. The Labute approximate surface area is 87.7 Å². The summed E-state index contributed by atoms with van der Waals surface area (Å²) in [6, 6.07) is 0.531.